The number of fused-ring (bicyclic) bond motifs is 2. The average molecular weight is 473 g/mol. The van der Waals surface area contributed by atoms with E-state index in [1.165, 1.54) is 4.90 Å². The lowest BCUT2D eigenvalue weighted by Crippen LogP contribution is -2.50. The van der Waals surface area contributed by atoms with Crippen molar-refractivity contribution in [2.75, 3.05) is 19.8 Å². The minimum atomic E-state index is -1.74. The van der Waals surface area contributed by atoms with Gasteiger partial charge in [-0.05, 0) is 50.5 Å². The van der Waals surface area contributed by atoms with Crippen LogP contribution < -0.4 is 5.73 Å². The maximum absolute atomic E-state index is 14.4. The van der Waals surface area contributed by atoms with Crippen molar-refractivity contribution in [2.24, 2.45) is 16.6 Å². The van der Waals surface area contributed by atoms with Gasteiger partial charge in [-0.25, -0.2) is 4.79 Å². The number of allylic oxidation sites excluding steroid dienone is 2. The monoisotopic (exact) mass is 472 g/mol. The first-order valence-corrected chi connectivity index (χ1v) is 11.9. The summed E-state index contributed by atoms with van der Waals surface area (Å²) >= 11 is 0. The quantitative estimate of drug-likeness (QED) is 0.606. The summed E-state index contributed by atoms with van der Waals surface area (Å²) in [6.45, 7) is 7.17. The first-order valence-electron chi connectivity index (χ1n) is 11.9. The summed E-state index contributed by atoms with van der Waals surface area (Å²) in [5.74, 6) is -2.07. The molecule has 0 aromatic heterocycles. The average Bonchev–Trinajstić information content (AvgIpc) is 2.96. The van der Waals surface area contributed by atoms with Crippen LogP contribution in [0.15, 0.2) is 34.1 Å². The highest BCUT2D eigenvalue weighted by atomic mass is 16.5. The highest BCUT2D eigenvalue weighted by molar-refractivity contribution is 6.16. The van der Waals surface area contributed by atoms with Crippen LogP contribution in [0.2, 0.25) is 0 Å². The van der Waals surface area contributed by atoms with Gasteiger partial charge in [-0.3, -0.25) is 14.4 Å². The molecule has 1 unspecified atom stereocenters. The lowest BCUT2D eigenvalue weighted by Gasteiger charge is -2.43. The second-order valence-corrected chi connectivity index (χ2v) is 9.88. The predicted molar refractivity (Wildman–Crippen MR) is 120 cm³/mol. The van der Waals surface area contributed by atoms with Crippen LogP contribution in [0.5, 0.6) is 0 Å². The number of amides is 1. The molecule has 1 atom stereocenters. The van der Waals surface area contributed by atoms with Crippen molar-refractivity contribution < 1.29 is 33.4 Å². The van der Waals surface area contributed by atoms with Crippen LogP contribution in [0.3, 0.4) is 0 Å². The van der Waals surface area contributed by atoms with Crippen molar-refractivity contribution in [3.8, 4) is 0 Å². The lowest BCUT2D eigenvalue weighted by molar-refractivity contribution is -0.149. The van der Waals surface area contributed by atoms with Crippen LogP contribution in [-0.2, 0) is 33.4 Å². The Morgan fingerprint density at radius 3 is 2.41 bits per heavy atom. The maximum atomic E-state index is 14.4. The number of carbonyl (C=O) groups excluding carboxylic acids is 4. The van der Waals surface area contributed by atoms with Gasteiger partial charge in [0.2, 0.25) is 11.8 Å². The Bertz CT molecular complexity index is 1070. The van der Waals surface area contributed by atoms with E-state index in [1.54, 1.807) is 13.8 Å². The molecule has 9 nitrogen and oxygen atoms in total. The third-order valence-electron chi connectivity index (χ3n) is 6.92. The zero-order valence-electron chi connectivity index (χ0n) is 20.2. The summed E-state index contributed by atoms with van der Waals surface area (Å²) in [6, 6.07) is 0. The molecule has 2 aliphatic carbocycles. The van der Waals surface area contributed by atoms with Gasteiger partial charge in [0.25, 0.3) is 0 Å². The third-order valence-corrected chi connectivity index (χ3v) is 6.92. The molecule has 2 N–H and O–H groups in total. The summed E-state index contributed by atoms with van der Waals surface area (Å²) in [5.41, 5.74) is 5.48. The molecule has 184 valence electrons. The van der Waals surface area contributed by atoms with Gasteiger partial charge in [0, 0.05) is 18.5 Å². The minimum Gasteiger partial charge on any atom is -0.465 e. The number of Topliss-reactive ketones (excluding diaryl/α,β-unsaturated/α-hetero) is 1. The highest BCUT2D eigenvalue weighted by Gasteiger charge is 2.65. The number of rotatable bonds is 5. The number of ether oxygens (including phenoxy) is 3. The number of ketones is 1. The number of esters is 2. The largest absolute Gasteiger partial charge is 0.465 e. The number of carbonyl (C=O) groups is 4. The molecule has 0 saturated carbocycles. The second kappa shape index (κ2) is 8.60. The number of nitrogens with zero attached hydrogens (tertiary/aromatic N) is 1. The van der Waals surface area contributed by atoms with E-state index >= 15 is 0 Å². The number of hydrogen-bond acceptors (Lipinski definition) is 8. The van der Waals surface area contributed by atoms with Gasteiger partial charge in [0.05, 0.1) is 18.8 Å². The molecule has 4 aliphatic rings. The smallest absolute Gasteiger partial charge is 0.341 e. The molecule has 0 aromatic carbocycles. The Balaban J connectivity index is 1.99. The highest BCUT2D eigenvalue weighted by Crippen LogP contribution is 2.60. The molecule has 34 heavy (non-hydrogen) atoms. The molecule has 1 amide bonds. The standard InChI is InChI=1S/C25H32N2O7/c1-5-32-18(29)13-27-15-10-8-7-9-14(15)25(23(27)31)19-16(28)11-24(3,4)12-17(19)34-21(26)20(25)22(30)33-6-2/h5-13,26H2,1-4H3. The van der Waals surface area contributed by atoms with E-state index in [0.717, 1.165) is 12.8 Å². The van der Waals surface area contributed by atoms with Crippen molar-refractivity contribution in [3.05, 3.63) is 34.1 Å². The lowest BCUT2D eigenvalue weighted by atomic mass is 9.60. The molecule has 2 heterocycles. The van der Waals surface area contributed by atoms with Gasteiger partial charge in [-0.1, -0.05) is 13.8 Å². The van der Waals surface area contributed by atoms with Crippen LogP contribution >= 0.6 is 0 Å². The summed E-state index contributed by atoms with van der Waals surface area (Å²) in [6.07, 6.45) is 3.21. The molecule has 0 aromatic rings. The molecular weight excluding hydrogens is 440 g/mol. The van der Waals surface area contributed by atoms with Crippen LogP contribution in [0.1, 0.15) is 66.2 Å². The van der Waals surface area contributed by atoms with Crippen LogP contribution in [0.25, 0.3) is 0 Å². The zero-order chi connectivity index (χ0) is 24.8. The Kier molecular flexibility index (Phi) is 6.08. The van der Waals surface area contributed by atoms with Gasteiger partial charge in [-0.2, -0.15) is 0 Å². The normalized spacial score (nSPS) is 25.9. The third kappa shape index (κ3) is 3.52. The Labute approximate surface area is 198 Å². The molecule has 0 fully saturated rings. The maximum Gasteiger partial charge on any atom is 0.341 e. The number of hydrogen-bond donors (Lipinski definition) is 1. The summed E-state index contributed by atoms with van der Waals surface area (Å²) in [5, 5.41) is 0. The van der Waals surface area contributed by atoms with Gasteiger partial charge >= 0.3 is 11.9 Å². The van der Waals surface area contributed by atoms with Crippen molar-refractivity contribution in [1.82, 2.24) is 4.90 Å². The molecule has 4 rings (SSSR count). The van der Waals surface area contributed by atoms with Gasteiger partial charge in [-0.15, -0.1) is 0 Å². The van der Waals surface area contributed by atoms with Crippen LogP contribution in [-0.4, -0.2) is 48.3 Å². The van der Waals surface area contributed by atoms with E-state index in [4.69, 9.17) is 19.9 Å². The van der Waals surface area contributed by atoms with Crippen molar-refractivity contribution >= 4 is 23.6 Å². The fourth-order valence-corrected chi connectivity index (χ4v) is 5.78. The topological polar surface area (TPSA) is 125 Å². The van der Waals surface area contributed by atoms with Crippen molar-refractivity contribution in [3.63, 3.8) is 0 Å². The Morgan fingerprint density at radius 2 is 1.74 bits per heavy atom. The summed E-state index contributed by atoms with van der Waals surface area (Å²) in [7, 11) is 0. The molecule has 1 spiro atoms. The molecule has 0 bridgehead atoms. The van der Waals surface area contributed by atoms with E-state index in [0.29, 0.717) is 36.3 Å². The SMILES string of the molecule is CCOC(=O)CN1C(=O)C2(C3=C1CCCC3)C(C(=O)OCC)=C(N)OC1=C2C(=O)CC(C)(C)C1. The van der Waals surface area contributed by atoms with Gasteiger partial charge in [0.1, 0.15) is 23.3 Å². The van der Waals surface area contributed by atoms with Gasteiger partial charge in [0.15, 0.2) is 5.78 Å². The number of nitrogens with two attached hydrogens (primary N) is 1. The predicted octanol–water partition coefficient (Wildman–Crippen LogP) is 2.61. The zero-order valence-corrected chi connectivity index (χ0v) is 20.2. The Morgan fingerprint density at radius 1 is 1.06 bits per heavy atom. The fraction of sp³-hybridized carbons (Fsp3) is 0.600. The van der Waals surface area contributed by atoms with Crippen LogP contribution in [0, 0.1) is 10.8 Å². The second-order valence-electron chi connectivity index (χ2n) is 9.88. The van der Waals surface area contributed by atoms with E-state index in [9.17, 15) is 19.2 Å². The van der Waals surface area contributed by atoms with Crippen LogP contribution in [0.4, 0.5) is 0 Å². The Hall–Kier alpha value is -3.10. The van der Waals surface area contributed by atoms with Gasteiger partial charge < -0.3 is 24.8 Å². The van der Waals surface area contributed by atoms with E-state index in [2.05, 4.69) is 0 Å². The van der Waals surface area contributed by atoms with E-state index in [1.807, 2.05) is 13.8 Å². The summed E-state index contributed by atoms with van der Waals surface area (Å²) < 4.78 is 16.3. The molecule has 0 radical (unpaired) electrons. The first kappa shape index (κ1) is 24.0. The van der Waals surface area contributed by atoms with Crippen molar-refractivity contribution in [2.45, 2.75) is 66.2 Å². The minimum absolute atomic E-state index is 0.0607. The molecule has 9 heteroatoms. The fourth-order valence-electron chi connectivity index (χ4n) is 5.78. The van der Waals surface area contributed by atoms with E-state index < -0.39 is 28.7 Å². The molecule has 0 saturated heterocycles. The molecule has 2 aliphatic heterocycles. The first-order chi connectivity index (χ1) is 16.1. The van der Waals surface area contributed by atoms with E-state index in [-0.39, 0.29) is 49.0 Å². The summed E-state index contributed by atoms with van der Waals surface area (Å²) in [4.78, 5) is 55.1. The van der Waals surface area contributed by atoms with Crippen molar-refractivity contribution in [1.29, 1.82) is 0 Å². The molecular formula is C25H32N2O7.